The van der Waals surface area contributed by atoms with Crippen molar-refractivity contribution in [3.8, 4) is 11.4 Å². The molecule has 3 aromatic rings. The molecule has 1 heterocycles. The standard InChI is InChI=1S/C14H8Br2ClN3/c15-7-1-3-11(17)9(5-7)14-19-12-4-2-8(16)6-10(12)13(18)20-14/h1-6H,(H2,18,19,20). The van der Waals surface area contributed by atoms with Crippen LogP contribution in [0.25, 0.3) is 22.3 Å². The van der Waals surface area contributed by atoms with Gasteiger partial charge in [-0.25, -0.2) is 9.97 Å². The Hall–Kier alpha value is -1.17. The average Bonchev–Trinajstić information content (AvgIpc) is 2.42. The van der Waals surface area contributed by atoms with Crippen molar-refractivity contribution in [2.75, 3.05) is 5.73 Å². The molecule has 0 unspecified atom stereocenters. The summed E-state index contributed by atoms with van der Waals surface area (Å²) in [4.78, 5) is 8.89. The molecule has 0 saturated heterocycles. The summed E-state index contributed by atoms with van der Waals surface area (Å²) in [6.07, 6.45) is 0. The van der Waals surface area contributed by atoms with Crippen LogP contribution >= 0.6 is 43.5 Å². The number of anilines is 1. The highest BCUT2D eigenvalue weighted by Crippen LogP contribution is 2.31. The Kier molecular flexibility index (Phi) is 3.67. The van der Waals surface area contributed by atoms with E-state index in [-0.39, 0.29) is 0 Å². The van der Waals surface area contributed by atoms with Crippen LogP contribution in [-0.2, 0) is 0 Å². The molecule has 0 atom stereocenters. The van der Waals surface area contributed by atoms with Gasteiger partial charge in [-0.15, -0.1) is 0 Å². The zero-order valence-electron chi connectivity index (χ0n) is 10.1. The number of aromatic nitrogens is 2. The van der Waals surface area contributed by atoms with Gasteiger partial charge in [-0.2, -0.15) is 0 Å². The molecule has 2 N–H and O–H groups in total. The van der Waals surface area contributed by atoms with E-state index in [1.807, 2.05) is 30.3 Å². The third kappa shape index (κ3) is 2.53. The average molecular weight is 414 g/mol. The molecule has 100 valence electrons. The molecule has 0 aliphatic carbocycles. The highest BCUT2D eigenvalue weighted by molar-refractivity contribution is 9.10. The Balaban J connectivity index is 2.27. The number of fused-ring (bicyclic) bond motifs is 1. The number of rotatable bonds is 1. The van der Waals surface area contributed by atoms with Gasteiger partial charge in [0, 0.05) is 19.9 Å². The normalized spacial score (nSPS) is 10.9. The Labute approximate surface area is 137 Å². The van der Waals surface area contributed by atoms with Crippen LogP contribution in [0.2, 0.25) is 5.02 Å². The predicted molar refractivity (Wildman–Crippen MR) is 89.8 cm³/mol. The van der Waals surface area contributed by atoms with E-state index in [1.54, 1.807) is 6.07 Å². The van der Waals surface area contributed by atoms with Gasteiger partial charge in [0.1, 0.15) is 5.82 Å². The molecule has 0 aliphatic heterocycles. The van der Waals surface area contributed by atoms with E-state index >= 15 is 0 Å². The molecule has 0 saturated carbocycles. The lowest BCUT2D eigenvalue weighted by Crippen LogP contribution is -1.98. The quantitative estimate of drug-likeness (QED) is 0.607. The molecular formula is C14H8Br2ClN3. The fraction of sp³-hybridized carbons (Fsp3) is 0. The first-order valence-electron chi connectivity index (χ1n) is 5.73. The Morgan fingerprint density at radius 3 is 2.45 bits per heavy atom. The predicted octanol–water partition coefficient (Wildman–Crippen LogP) is 5.06. The lowest BCUT2D eigenvalue weighted by Gasteiger charge is -2.07. The second kappa shape index (κ2) is 5.31. The molecule has 0 bridgehead atoms. The lowest BCUT2D eigenvalue weighted by atomic mass is 10.2. The van der Waals surface area contributed by atoms with Gasteiger partial charge >= 0.3 is 0 Å². The number of halogens is 3. The van der Waals surface area contributed by atoms with Crippen molar-refractivity contribution in [1.29, 1.82) is 0 Å². The van der Waals surface area contributed by atoms with Gasteiger partial charge in [-0.05, 0) is 36.4 Å². The van der Waals surface area contributed by atoms with Crippen LogP contribution in [-0.4, -0.2) is 9.97 Å². The zero-order chi connectivity index (χ0) is 14.3. The minimum Gasteiger partial charge on any atom is -0.383 e. The highest BCUT2D eigenvalue weighted by atomic mass is 79.9. The Bertz CT molecular complexity index is 821. The van der Waals surface area contributed by atoms with Crippen molar-refractivity contribution < 1.29 is 0 Å². The molecule has 3 rings (SSSR count). The van der Waals surface area contributed by atoms with E-state index in [0.717, 1.165) is 25.4 Å². The van der Waals surface area contributed by atoms with Crippen molar-refractivity contribution in [2.24, 2.45) is 0 Å². The maximum Gasteiger partial charge on any atom is 0.163 e. The number of hydrogen-bond acceptors (Lipinski definition) is 3. The summed E-state index contributed by atoms with van der Waals surface area (Å²) < 4.78 is 1.85. The van der Waals surface area contributed by atoms with Crippen molar-refractivity contribution in [1.82, 2.24) is 9.97 Å². The van der Waals surface area contributed by atoms with E-state index in [1.165, 1.54) is 0 Å². The van der Waals surface area contributed by atoms with Crippen molar-refractivity contribution >= 4 is 60.2 Å². The van der Waals surface area contributed by atoms with E-state index in [4.69, 9.17) is 17.3 Å². The van der Waals surface area contributed by atoms with Crippen molar-refractivity contribution in [3.63, 3.8) is 0 Å². The topological polar surface area (TPSA) is 51.8 Å². The molecule has 3 nitrogen and oxygen atoms in total. The summed E-state index contributed by atoms with van der Waals surface area (Å²) >= 11 is 13.0. The van der Waals surface area contributed by atoms with Gasteiger partial charge in [0.05, 0.1) is 10.5 Å². The fourth-order valence-electron chi connectivity index (χ4n) is 1.91. The van der Waals surface area contributed by atoms with Crippen LogP contribution < -0.4 is 5.73 Å². The minimum atomic E-state index is 0.433. The Morgan fingerprint density at radius 2 is 1.65 bits per heavy atom. The van der Waals surface area contributed by atoms with E-state index in [2.05, 4.69) is 41.8 Å². The number of hydrogen-bond donors (Lipinski definition) is 1. The summed E-state index contributed by atoms with van der Waals surface area (Å²) in [5.74, 6) is 0.950. The summed E-state index contributed by atoms with van der Waals surface area (Å²) in [5.41, 5.74) is 7.56. The maximum atomic E-state index is 6.21. The second-order valence-corrected chi connectivity index (χ2v) is 6.46. The third-order valence-corrected chi connectivity index (χ3v) is 4.17. The SMILES string of the molecule is Nc1nc(-c2cc(Br)ccc2Cl)nc2ccc(Br)cc12. The van der Waals surface area contributed by atoms with E-state index < -0.39 is 0 Å². The zero-order valence-corrected chi connectivity index (χ0v) is 14.0. The van der Waals surface area contributed by atoms with Gasteiger partial charge < -0.3 is 5.73 Å². The fourth-order valence-corrected chi connectivity index (χ4v) is 2.84. The van der Waals surface area contributed by atoms with Crippen LogP contribution in [0.4, 0.5) is 5.82 Å². The number of nitrogens with two attached hydrogens (primary N) is 1. The molecule has 0 aliphatic rings. The largest absolute Gasteiger partial charge is 0.383 e. The van der Waals surface area contributed by atoms with Crippen molar-refractivity contribution in [3.05, 3.63) is 50.4 Å². The maximum absolute atomic E-state index is 6.21. The molecular weight excluding hydrogens is 405 g/mol. The second-order valence-electron chi connectivity index (χ2n) is 4.22. The Morgan fingerprint density at radius 1 is 0.950 bits per heavy atom. The molecule has 0 fully saturated rings. The molecule has 2 aromatic carbocycles. The monoisotopic (exact) mass is 411 g/mol. The number of nitrogens with zero attached hydrogens (tertiary/aromatic N) is 2. The summed E-state index contributed by atoms with van der Waals surface area (Å²) in [6.45, 7) is 0. The van der Waals surface area contributed by atoms with Gasteiger partial charge in [0.15, 0.2) is 5.82 Å². The van der Waals surface area contributed by atoms with Crippen LogP contribution in [0.15, 0.2) is 45.3 Å². The number of nitrogen functional groups attached to an aromatic ring is 1. The van der Waals surface area contributed by atoms with Crippen molar-refractivity contribution in [2.45, 2.75) is 0 Å². The first-order chi connectivity index (χ1) is 9.54. The van der Waals surface area contributed by atoms with Crippen LogP contribution in [0.3, 0.4) is 0 Å². The van der Waals surface area contributed by atoms with Gasteiger partial charge in [-0.1, -0.05) is 43.5 Å². The first kappa shape index (κ1) is 13.8. The van der Waals surface area contributed by atoms with Gasteiger partial charge in [-0.3, -0.25) is 0 Å². The number of benzene rings is 2. The highest BCUT2D eigenvalue weighted by Gasteiger charge is 2.11. The van der Waals surface area contributed by atoms with Crippen LogP contribution in [0.5, 0.6) is 0 Å². The molecule has 0 amide bonds. The molecule has 20 heavy (non-hydrogen) atoms. The molecule has 0 radical (unpaired) electrons. The van der Waals surface area contributed by atoms with E-state index in [9.17, 15) is 0 Å². The van der Waals surface area contributed by atoms with E-state index in [0.29, 0.717) is 16.7 Å². The lowest BCUT2D eigenvalue weighted by molar-refractivity contribution is 1.23. The van der Waals surface area contributed by atoms with Gasteiger partial charge in [0.2, 0.25) is 0 Å². The van der Waals surface area contributed by atoms with Crippen LogP contribution in [0, 0.1) is 0 Å². The molecule has 0 spiro atoms. The minimum absolute atomic E-state index is 0.433. The summed E-state index contributed by atoms with van der Waals surface area (Å²) in [7, 11) is 0. The molecule has 6 heteroatoms. The smallest absolute Gasteiger partial charge is 0.163 e. The van der Waals surface area contributed by atoms with Crippen LogP contribution in [0.1, 0.15) is 0 Å². The van der Waals surface area contributed by atoms with Gasteiger partial charge in [0.25, 0.3) is 0 Å². The summed E-state index contributed by atoms with van der Waals surface area (Å²) in [6, 6.07) is 11.3. The summed E-state index contributed by atoms with van der Waals surface area (Å²) in [5, 5.41) is 1.40. The molecule has 1 aromatic heterocycles. The third-order valence-electron chi connectivity index (χ3n) is 2.86. The first-order valence-corrected chi connectivity index (χ1v) is 7.69.